The monoisotopic (exact) mass is 387 g/mol. The molecule has 0 aliphatic carbocycles. The molecule has 2 aromatic heterocycles. The van der Waals surface area contributed by atoms with E-state index in [1.165, 1.54) is 0 Å². The fraction of sp³-hybridized carbons (Fsp3) is 0.381. The number of aldehydes is 1. The average molecular weight is 388 g/mol. The number of nitrogens with zero attached hydrogens (tertiary/aromatic N) is 1. The zero-order valence-corrected chi connectivity index (χ0v) is 17.7. The molecule has 0 fully saturated rings. The van der Waals surface area contributed by atoms with E-state index in [1.54, 1.807) is 18.3 Å². The summed E-state index contributed by atoms with van der Waals surface area (Å²) in [6.45, 7) is 8.00. The zero-order valence-electron chi connectivity index (χ0n) is 17.7. The van der Waals surface area contributed by atoms with E-state index in [-0.39, 0.29) is 11.5 Å². The summed E-state index contributed by atoms with van der Waals surface area (Å²) in [5.41, 5.74) is 8.44. The lowest BCUT2D eigenvalue weighted by Gasteiger charge is -2.01. The van der Waals surface area contributed by atoms with E-state index >= 15 is 0 Å². The largest absolute Gasteiger partial charge is 0.369 e. The van der Waals surface area contributed by atoms with Gasteiger partial charge < -0.3 is 16.0 Å². The van der Waals surface area contributed by atoms with Gasteiger partial charge in [-0.05, 0) is 38.1 Å². The highest BCUT2D eigenvalue weighted by Crippen LogP contribution is 2.15. The number of hydrogen-bond acceptors (Lipinski definition) is 5. The van der Waals surface area contributed by atoms with E-state index in [0.717, 1.165) is 23.8 Å². The quantitative estimate of drug-likeness (QED) is 0.512. The van der Waals surface area contributed by atoms with Crippen molar-refractivity contribution in [2.24, 2.45) is 0 Å². The van der Waals surface area contributed by atoms with Crippen LogP contribution in [0, 0.1) is 0 Å². The van der Waals surface area contributed by atoms with Crippen LogP contribution in [0.1, 0.15) is 49.2 Å². The number of hydrogen-bond donors (Lipinski definition) is 4. The van der Waals surface area contributed by atoms with E-state index in [9.17, 15) is 9.59 Å². The number of nitrogens with two attached hydrogens (primary N) is 1. The third-order valence-corrected chi connectivity index (χ3v) is 3.44. The smallest absolute Gasteiger partial charge is 0.262 e. The van der Waals surface area contributed by atoms with Gasteiger partial charge in [0, 0.05) is 11.8 Å². The van der Waals surface area contributed by atoms with Gasteiger partial charge in [0.2, 0.25) is 5.95 Å². The maximum Gasteiger partial charge on any atom is 0.262 e. The molecule has 0 saturated heterocycles. The molecule has 7 heteroatoms. The van der Waals surface area contributed by atoms with Gasteiger partial charge in [0.15, 0.2) is 0 Å². The van der Waals surface area contributed by atoms with Crippen LogP contribution in [-0.4, -0.2) is 35.3 Å². The standard InChI is InChI=1S/C15H14N4O2.C2H7N.2C2H6/c16-15-18-13-12(14(21)19-15)11(7-17-13)6-5-9-1-3-10(8-20)4-2-9;1-3-2;2*1-2/h1-4,7-8H,5-6H2,(H4,16,17,18,19,21);3H,1-2H3;2*1-2H3. The van der Waals surface area contributed by atoms with E-state index in [2.05, 4.69) is 20.3 Å². The van der Waals surface area contributed by atoms with Crippen LogP contribution in [-0.2, 0) is 12.8 Å². The molecule has 0 aliphatic rings. The van der Waals surface area contributed by atoms with Crippen molar-refractivity contribution >= 4 is 23.3 Å². The Balaban J connectivity index is 0.000000930. The molecule has 154 valence electrons. The SMILES string of the molecule is CC.CC.CNC.Nc1nc2[nH]cc(CCc3ccc(C=O)cc3)c2c(=O)[nH]1. The van der Waals surface area contributed by atoms with Gasteiger partial charge in [-0.15, -0.1) is 0 Å². The average Bonchev–Trinajstić information content (AvgIpc) is 3.13. The van der Waals surface area contributed by atoms with E-state index in [0.29, 0.717) is 23.0 Å². The number of fused-ring (bicyclic) bond motifs is 1. The number of aromatic nitrogens is 3. The summed E-state index contributed by atoms with van der Waals surface area (Å²) in [7, 11) is 3.75. The number of nitrogen functional groups attached to an aromatic ring is 1. The highest BCUT2D eigenvalue weighted by molar-refractivity contribution is 5.79. The van der Waals surface area contributed by atoms with E-state index in [1.807, 2.05) is 53.9 Å². The molecule has 0 spiro atoms. The van der Waals surface area contributed by atoms with Crippen LogP contribution in [0.15, 0.2) is 35.3 Å². The first-order valence-electron chi connectivity index (χ1n) is 9.57. The molecule has 3 rings (SSSR count). The summed E-state index contributed by atoms with van der Waals surface area (Å²) in [5.74, 6) is 0.102. The second kappa shape index (κ2) is 14.2. The van der Waals surface area contributed by atoms with Crippen LogP contribution in [0.4, 0.5) is 5.95 Å². The number of H-pyrrole nitrogens is 2. The number of rotatable bonds is 4. The van der Waals surface area contributed by atoms with Gasteiger partial charge in [-0.25, -0.2) is 0 Å². The molecule has 0 atom stereocenters. The van der Waals surface area contributed by atoms with Crippen molar-refractivity contribution < 1.29 is 4.79 Å². The fourth-order valence-electron chi connectivity index (χ4n) is 2.36. The van der Waals surface area contributed by atoms with Crippen molar-refractivity contribution in [1.29, 1.82) is 0 Å². The molecule has 0 amide bonds. The van der Waals surface area contributed by atoms with Crippen molar-refractivity contribution in [1.82, 2.24) is 20.3 Å². The van der Waals surface area contributed by atoms with Crippen molar-refractivity contribution in [2.45, 2.75) is 40.5 Å². The molecule has 0 bridgehead atoms. The minimum Gasteiger partial charge on any atom is -0.369 e. The van der Waals surface area contributed by atoms with Crippen molar-refractivity contribution in [3.63, 3.8) is 0 Å². The van der Waals surface area contributed by atoms with Crippen molar-refractivity contribution in [3.8, 4) is 0 Å². The topological polar surface area (TPSA) is 117 Å². The fourth-order valence-corrected chi connectivity index (χ4v) is 2.36. The maximum absolute atomic E-state index is 11.9. The summed E-state index contributed by atoms with van der Waals surface area (Å²) in [5, 5.41) is 3.30. The number of carbonyl (C=O) groups excluding carboxylic acids is 1. The van der Waals surface area contributed by atoms with Gasteiger partial charge in [0.25, 0.3) is 5.56 Å². The Morgan fingerprint density at radius 1 is 1.07 bits per heavy atom. The minimum atomic E-state index is -0.231. The zero-order chi connectivity index (χ0) is 21.5. The Labute approximate surface area is 166 Å². The van der Waals surface area contributed by atoms with Gasteiger partial charge in [-0.3, -0.25) is 14.6 Å². The first-order valence-corrected chi connectivity index (χ1v) is 9.57. The highest BCUT2D eigenvalue weighted by Gasteiger charge is 2.10. The van der Waals surface area contributed by atoms with Gasteiger partial charge in [0.05, 0.1) is 5.39 Å². The first kappa shape index (κ1) is 25.1. The Bertz CT molecular complexity index is 867. The lowest BCUT2D eigenvalue weighted by molar-refractivity contribution is 0.112. The molecule has 0 unspecified atom stereocenters. The number of anilines is 1. The van der Waals surface area contributed by atoms with Crippen LogP contribution in [0.2, 0.25) is 0 Å². The van der Waals surface area contributed by atoms with Crippen LogP contribution in [0.25, 0.3) is 11.0 Å². The molecule has 3 aromatic rings. The lowest BCUT2D eigenvalue weighted by atomic mass is 10.0. The van der Waals surface area contributed by atoms with Crippen molar-refractivity contribution in [3.05, 3.63) is 57.5 Å². The lowest BCUT2D eigenvalue weighted by Crippen LogP contribution is -2.11. The number of aromatic amines is 2. The summed E-state index contributed by atoms with van der Waals surface area (Å²) in [4.78, 5) is 32.1. The van der Waals surface area contributed by atoms with Crippen molar-refractivity contribution in [2.75, 3.05) is 19.8 Å². The summed E-state index contributed by atoms with van der Waals surface area (Å²) < 4.78 is 0. The minimum absolute atomic E-state index is 0.102. The number of benzene rings is 1. The van der Waals surface area contributed by atoms with Gasteiger partial charge in [-0.2, -0.15) is 4.98 Å². The Kier molecular flexibility index (Phi) is 12.7. The Morgan fingerprint density at radius 2 is 1.64 bits per heavy atom. The molecular weight excluding hydrogens is 354 g/mol. The normalized spacial score (nSPS) is 9.21. The van der Waals surface area contributed by atoms with Gasteiger partial charge in [-0.1, -0.05) is 52.0 Å². The van der Waals surface area contributed by atoms with Crippen LogP contribution < -0.4 is 16.6 Å². The second-order valence-electron chi connectivity index (χ2n) is 5.35. The number of carbonyl (C=O) groups is 1. The molecule has 5 N–H and O–H groups in total. The molecule has 0 radical (unpaired) electrons. The molecule has 0 saturated carbocycles. The van der Waals surface area contributed by atoms with Gasteiger partial charge in [0.1, 0.15) is 11.9 Å². The molecule has 28 heavy (non-hydrogen) atoms. The molecule has 0 aliphatic heterocycles. The number of nitrogens with one attached hydrogen (secondary N) is 3. The molecule has 7 nitrogen and oxygen atoms in total. The van der Waals surface area contributed by atoms with Crippen LogP contribution >= 0.6 is 0 Å². The predicted octanol–water partition coefficient (Wildman–Crippen LogP) is 3.32. The third-order valence-electron chi connectivity index (χ3n) is 3.44. The number of aryl methyl sites for hydroxylation is 2. The summed E-state index contributed by atoms with van der Waals surface area (Å²) >= 11 is 0. The van der Waals surface area contributed by atoms with Crippen LogP contribution in [0.5, 0.6) is 0 Å². The third kappa shape index (κ3) is 7.36. The van der Waals surface area contributed by atoms with Gasteiger partial charge >= 0.3 is 0 Å². The molecule has 2 heterocycles. The van der Waals surface area contributed by atoms with E-state index in [4.69, 9.17) is 5.73 Å². The Morgan fingerprint density at radius 3 is 2.18 bits per heavy atom. The summed E-state index contributed by atoms with van der Waals surface area (Å²) in [6.07, 6.45) is 4.08. The first-order chi connectivity index (χ1) is 13.6. The highest BCUT2D eigenvalue weighted by atomic mass is 16.1. The van der Waals surface area contributed by atoms with Crippen LogP contribution in [0.3, 0.4) is 0 Å². The second-order valence-corrected chi connectivity index (χ2v) is 5.35. The Hall–Kier alpha value is -2.93. The predicted molar refractivity (Wildman–Crippen MR) is 118 cm³/mol. The summed E-state index contributed by atoms with van der Waals surface area (Å²) in [6, 6.07) is 7.40. The van der Waals surface area contributed by atoms with E-state index < -0.39 is 0 Å². The molecular formula is C21H33N5O2. The maximum atomic E-state index is 11.9. The molecule has 1 aromatic carbocycles.